The zero-order valence-electron chi connectivity index (χ0n) is 11.1. The molecular weight excluding hydrogens is 232 g/mol. The minimum atomic E-state index is -0.117. The summed E-state index contributed by atoms with van der Waals surface area (Å²) < 4.78 is 7.42. The number of nitrogens with zero attached hydrogens (tertiary/aromatic N) is 2. The maximum atomic E-state index is 10.9. The number of nitrogens with two attached hydrogens (primary N) is 1. The first kappa shape index (κ1) is 14.5. The maximum Gasteiger partial charge on any atom is 0.233 e. The molecule has 3 N–H and O–H groups in total. The van der Waals surface area contributed by atoms with Crippen molar-refractivity contribution in [3.63, 3.8) is 0 Å². The molecule has 18 heavy (non-hydrogen) atoms. The van der Waals surface area contributed by atoms with Gasteiger partial charge in [-0.2, -0.15) is 5.10 Å². The third-order valence-corrected chi connectivity index (χ3v) is 2.58. The fourth-order valence-corrected chi connectivity index (χ4v) is 1.50. The third kappa shape index (κ3) is 5.18. The standard InChI is InChI=1S/C12H22N4O2/c1-10(2)16-9-11(8-14-16)18-7-5-3-4-6-12(17)15-13/h8-10H,3-7,13H2,1-2H3,(H,15,17). The summed E-state index contributed by atoms with van der Waals surface area (Å²) >= 11 is 0. The van der Waals surface area contributed by atoms with Crippen molar-refractivity contribution in [3.8, 4) is 5.75 Å². The van der Waals surface area contributed by atoms with Gasteiger partial charge in [-0.25, -0.2) is 5.84 Å². The molecule has 0 saturated heterocycles. The average Bonchev–Trinajstić information content (AvgIpc) is 2.82. The first-order valence-electron chi connectivity index (χ1n) is 6.30. The van der Waals surface area contributed by atoms with E-state index in [2.05, 4.69) is 24.4 Å². The number of carbonyl (C=O) groups is 1. The predicted molar refractivity (Wildman–Crippen MR) is 68.9 cm³/mol. The topological polar surface area (TPSA) is 82.2 Å². The Hall–Kier alpha value is -1.56. The van der Waals surface area contributed by atoms with Crippen molar-refractivity contribution in [1.29, 1.82) is 0 Å². The van der Waals surface area contributed by atoms with Gasteiger partial charge in [-0.3, -0.25) is 14.9 Å². The number of unbranched alkanes of at least 4 members (excludes halogenated alkanes) is 2. The van der Waals surface area contributed by atoms with Gasteiger partial charge in [0.25, 0.3) is 0 Å². The van der Waals surface area contributed by atoms with Gasteiger partial charge in [0.2, 0.25) is 5.91 Å². The van der Waals surface area contributed by atoms with E-state index in [4.69, 9.17) is 10.6 Å². The molecule has 0 aromatic carbocycles. The van der Waals surface area contributed by atoms with Crippen LogP contribution in [0.1, 0.15) is 45.6 Å². The van der Waals surface area contributed by atoms with E-state index in [-0.39, 0.29) is 5.91 Å². The first-order chi connectivity index (χ1) is 8.63. The fraction of sp³-hybridized carbons (Fsp3) is 0.667. The minimum Gasteiger partial charge on any atom is -0.490 e. The van der Waals surface area contributed by atoms with Gasteiger partial charge in [-0.05, 0) is 33.1 Å². The monoisotopic (exact) mass is 254 g/mol. The lowest BCUT2D eigenvalue weighted by Crippen LogP contribution is -2.29. The van der Waals surface area contributed by atoms with Crippen molar-refractivity contribution in [1.82, 2.24) is 15.2 Å². The number of ether oxygens (including phenoxy) is 1. The second kappa shape index (κ2) is 7.71. The molecule has 0 atom stereocenters. The van der Waals surface area contributed by atoms with Crippen LogP contribution in [0.3, 0.4) is 0 Å². The van der Waals surface area contributed by atoms with E-state index in [1.54, 1.807) is 6.20 Å². The van der Waals surface area contributed by atoms with Crippen molar-refractivity contribution in [2.75, 3.05) is 6.61 Å². The van der Waals surface area contributed by atoms with E-state index < -0.39 is 0 Å². The number of hydrazine groups is 1. The second-order valence-corrected chi connectivity index (χ2v) is 4.48. The highest BCUT2D eigenvalue weighted by Gasteiger charge is 2.02. The zero-order valence-corrected chi connectivity index (χ0v) is 11.1. The predicted octanol–water partition coefficient (Wildman–Crippen LogP) is 1.39. The van der Waals surface area contributed by atoms with Crippen LogP contribution < -0.4 is 16.0 Å². The Morgan fingerprint density at radius 2 is 2.28 bits per heavy atom. The highest BCUT2D eigenvalue weighted by atomic mass is 16.5. The normalized spacial score (nSPS) is 10.7. The van der Waals surface area contributed by atoms with Gasteiger partial charge in [0, 0.05) is 12.5 Å². The number of amides is 1. The van der Waals surface area contributed by atoms with Gasteiger partial charge in [-0.15, -0.1) is 0 Å². The van der Waals surface area contributed by atoms with Crippen LogP contribution in [0.25, 0.3) is 0 Å². The van der Waals surface area contributed by atoms with Crippen LogP contribution in [0.2, 0.25) is 0 Å². The van der Waals surface area contributed by atoms with Crippen molar-refractivity contribution in [2.45, 2.75) is 45.6 Å². The largest absolute Gasteiger partial charge is 0.490 e. The van der Waals surface area contributed by atoms with E-state index in [1.165, 1.54) is 0 Å². The van der Waals surface area contributed by atoms with Gasteiger partial charge in [-0.1, -0.05) is 0 Å². The summed E-state index contributed by atoms with van der Waals surface area (Å²) in [5, 5.41) is 4.19. The van der Waals surface area contributed by atoms with Gasteiger partial charge in [0.05, 0.1) is 19.0 Å². The summed E-state index contributed by atoms with van der Waals surface area (Å²) in [6, 6.07) is 0.345. The molecule has 1 aromatic rings. The number of rotatable bonds is 8. The van der Waals surface area contributed by atoms with E-state index in [0.29, 0.717) is 19.1 Å². The highest BCUT2D eigenvalue weighted by molar-refractivity contribution is 5.74. The smallest absolute Gasteiger partial charge is 0.233 e. The Morgan fingerprint density at radius 1 is 1.50 bits per heavy atom. The molecule has 0 radical (unpaired) electrons. The van der Waals surface area contributed by atoms with Crippen LogP contribution in [0.5, 0.6) is 5.75 Å². The molecule has 0 saturated carbocycles. The third-order valence-electron chi connectivity index (χ3n) is 2.58. The van der Waals surface area contributed by atoms with E-state index >= 15 is 0 Å². The van der Waals surface area contributed by atoms with Crippen LogP contribution in [-0.4, -0.2) is 22.3 Å². The van der Waals surface area contributed by atoms with Crippen LogP contribution in [-0.2, 0) is 4.79 Å². The Kier molecular flexibility index (Phi) is 6.21. The minimum absolute atomic E-state index is 0.117. The lowest BCUT2D eigenvalue weighted by molar-refractivity contribution is -0.121. The summed E-state index contributed by atoms with van der Waals surface area (Å²) in [6.07, 6.45) is 6.80. The van der Waals surface area contributed by atoms with E-state index in [1.807, 2.05) is 10.9 Å². The number of hydrogen-bond acceptors (Lipinski definition) is 4. The molecular formula is C12H22N4O2. The summed E-state index contributed by atoms with van der Waals surface area (Å²) in [5.41, 5.74) is 2.11. The fourth-order valence-electron chi connectivity index (χ4n) is 1.50. The summed E-state index contributed by atoms with van der Waals surface area (Å²) in [5.74, 6) is 5.66. The molecule has 0 fully saturated rings. The number of hydrogen-bond donors (Lipinski definition) is 2. The SMILES string of the molecule is CC(C)n1cc(OCCCCCC(=O)NN)cn1. The van der Waals surface area contributed by atoms with Crippen LogP contribution in [0, 0.1) is 0 Å². The zero-order chi connectivity index (χ0) is 13.4. The molecule has 0 bridgehead atoms. The lowest BCUT2D eigenvalue weighted by Gasteiger charge is -2.04. The lowest BCUT2D eigenvalue weighted by atomic mass is 10.2. The van der Waals surface area contributed by atoms with Crippen LogP contribution in [0.15, 0.2) is 12.4 Å². The molecule has 102 valence electrons. The van der Waals surface area contributed by atoms with Crippen molar-refractivity contribution >= 4 is 5.91 Å². The maximum absolute atomic E-state index is 10.9. The molecule has 1 aromatic heterocycles. The number of aromatic nitrogens is 2. The average molecular weight is 254 g/mol. The quantitative estimate of drug-likeness (QED) is 0.318. The number of nitrogens with one attached hydrogen (secondary N) is 1. The first-order valence-corrected chi connectivity index (χ1v) is 6.30. The van der Waals surface area contributed by atoms with Gasteiger partial charge in [0.15, 0.2) is 5.75 Å². The van der Waals surface area contributed by atoms with Gasteiger partial charge < -0.3 is 4.74 Å². The molecule has 0 spiro atoms. The number of carbonyl (C=O) groups excluding carboxylic acids is 1. The van der Waals surface area contributed by atoms with Crippen LogP contribution in [0.4, 0.5) is 0 Å². The molecule has 1 rings (SSSR count). The molecule has 1 heterocycles. The van der Waals surface area contributed by atoms with Crippen molar-refractivity contribution in [2.24, 2.45) is 5.84 Å². The second-order valence-electron chi connectivity index (χ2n) is 4.48. The van der Waals surface area contributed by atoms with E-state index in [9.17, 15) is 4.79 Å². The highest BCUT2D eigenvalue weighted by Crippen LogP contribution is 2.13. The van der Waals surface area contributed by atoms with Gasteiger partial charge in [0.1, 0.15) is 0 Å². The Bertz CT molecular complexity index is 363. The molecule has 0 aliphatic rings. The van der Waals surface area contributed by atoms with Crippen LogP contribution >= 0.6 is 0 Å². The molecule has 6 nitrogen and oxygen atoms in total. The van der Waals surface area contributed by atoms with Crippen molar-refractivity contribution in [3.05, 3.63) is 12.4 Å². The summed E-state index contributed by atoms with van der Waals surface area (Å²) in [4.78, 5) is 10.9. The van der Waals surface area contributed by atoms with Gasteiger partial charge >= 0.3 is 0 Å². The Balaban J connectivity index is 2.08. The molecule has 6 heteroatoms. The van der Waals surface area contributed by atoms with E-state index in [0.717, 1.165) is 25.0 Å². The Morgan fingerprint density at radius 3 is 2.89 bits per heavy atom. The molecule has 1 amide bonds. The molecule has 0 aliphatic heterocycles. The molecule has 0 aliphatic carbocycles. The Labute approximate surface area is 107 Å². The molecule has 0 unspecified atom stereocenters. The summed E-state index contributed by atoms with van der Waals surface area (Å²) in [7, 11) is 0. The van der Waals surface area contributed by atoms with Crippen molar-refractivity contribution < 1.29 is 9.53 Å². The summed E-state index contributed by atoms with van der Waals surface area (Å²) in [6.45, 7) is 4.78.